The lowest BCUT2D eigenvalue weighted by Crippen LogP contribution is -2.42. The molecular formula is C15H24N2O2. The molecule has 0 aromatic heterocycles. The van der Waals surface area contributed by atoms with Gasteiger partial charge in [-0.15, -0.1) is 0 Å². The summed E-state index contributed by atoms with van der Waals surface area (Å²) in [5.74, 6) is 1.63. The van der Waals surface area contributed by atoms with Crippen molar-refractivity contribution in [3.05, 3.63) is 18.2 Å². The van der Waals surface area contributed by atoms with E-state index in [2.05, 4.69) is 17.0 Å². The van der Waals surface area contributed by atoms with E-state index in [1.807, 2.05) is 19.9 Å². The van der Waals surface area contributed by atoms with E-state index >= 15 is 0 Å². The maximum absolute atomic E-state index is 6.04. The van der Waals surface area contributed by atoms with E-state index in [-0.39, 0.29) is 6.04 Å². The van der Waals surface area contributed by atoms with Crippen LogP contribution in [0.4, 0.5) is 5.69 Å². The average Bonchev–Trinajstić information content (AvgIpc) is 2.41. The Morgan fingerprint density at radius 2 is 1.95 bits per heavy atom. The third-order valence-corrected chi connectivity index (χ3v) is 3.35. The molecule has 0 radical (unpaired) electrons. The second-order valence-electron chi connectivity index (χ2n) is 4.85. The molecule has 1 saturated heterocycles. The van der Waals surface area contributed by atoms with Crippen molar-refractivity contribution in [1.82, 2.24) is 0 Å². The van der Waals surface area contributed by atoms with Gasteiger partial charge in [0.15, 0.2) is 11.5 Å². The van der Waals surface area contributed by atoms with Crippen molar-refractivity contribution in [3.63, 3.8) is 0 Å². The van der Waals surface area contributed by atoms with E-state index in [9.17, 15) is 0 Å². The predicted molar refractivity (Wildman–Crippen MR) is 78.2 cm³/mol. The van der Waals surface area contributed by atoms with Gasteiger partial charge in [0.1, 0.15) is 0 Å². The van der Waals surface area contributed by atoms with E-state index in [0.29, 0.717) is 13.2 Å². The van der Waals surface area contributed by atoms with Gasteiger partial charge in [-0.1, -0.05) is 0 Å². The van der Waals surface area contributed by atoms with E-state index in [1.54, 1.807) is 0 Å². The van der Waals surface area contributed by atoms with Crippen LogP contribution in [0, 0.1) is 0 Å². The van der Waals surface area contributed by atoms with Gasteiger partial charge in [-0.25, -0.2) is 0 Å². The molecule has 0 amide bonds. The van der Waals surface area contributed by atoms with Crippen LogP contribution in [0.5, 0.6) is 11.5 Å². The molecule has 106 valence electrons. The largest absolute Gasteiger partial charge is 0.490 e. The molecule has 19 heavy (non-hydrogen) atoms. The van der Waals surface area contributed by atoms with Gasteiger partial charge in [0.25, 0.3) is 0 Å². The Morgan fingerprint density at radius 3 is 2.63 bits per heavy atom. The maximum Gasteiger partial charge on any atom is 0.163 e. The van der Waals surface area contributed by atoms with Gasteiger partial charge in [-0.05, 0) is 38.8 Å². The zero-order valence-electron chi connectivity index (χ0n) is 11.9. The third-order valence-electron chi connectivity index (χ3n) is 3.35. The number of benzene rings is 1. The molecule has 4 nitrogen and oxygen atoms in total. The molecule has 1 unspecified atom stereocenters. The van der Waals surface area contributed by atoms with Crippen molar-refractivity contribution >= 4 is 5.69 Å². The number of hydrogen-bond acceptors (Lipinski definition) is 4. The van der Waals surface area contributed by atoms with Crippen molar-refractivity contribution in [3.8, 4) is 11.5 Å². The summed E-state index contributed by atoms with van der Waals surface area (Å²) < 4.78 is 11.2. The summed E-state index contributed by atoms with van der Waals surface area (Å²) in [6.45, 7) is 7.23. The molecule has 2 N–H and O–H groups in total. The summed E-state index contributed by atoms with van der Waals surface area (Å²) in [5.41, 5.74) is 7.21. The number of anilines is 1. The fraction of sp³-hybridized carbons (Fsp3) is 0.600. The highest BCUT2D eigenvalue weighted by atomic mass is 16.5. The van der Waals surface area contributed by atoms with Crippen molar-refractivity contribution in [1.29, 1.82) is 0 Å². The van der Waals surface area contributed by atoms with Gasteiger partial charge in [0, 0.05) is 30.9 Å². The minimum absolute atomic E-state index is 0.274. The third kappa shape index (κ3) is 3.53. The van der Waals surface area contributed by atoms with Crippen LogP contribution in [0.25, 0.3) is 0 Å². The Morgan fingerprint density at radius 1 is 1.21 bits per heavy atom. The van der Waals surface area contributed by atoms with Gasteiger partial charge in [-0.3, -0.25) is 0 Å². The molecule has 2 rings (SSSR count). The van der Waals surface area contributed by atoms with Crippen LogP contribution in [-0.2, 0) is 0 Å². The summed E-state index contributed by atoms with van der Waals surface area (Å²) in [6, 6.07) is 6.41. The summed E-state index contributed by atoms with van der Waals surface area (Å²) in [6.07, 6.45) is 2.27. The second kappa shape index (κ2) is 6.66. The smallest absolute Gasteiger partial charge is 0.163 e. The molecule has 1 heterocycles. The van der Waals surface area contributed by atoms with Gasteiger partial charge in [0.2, 0.25) is 0 Å². The molecule has 1 fully saturated rings. The van der Waals surface area contributed by atoms with Crippen molar-refractivity contribution in [2.45, 2.75) is 32.7 Å². The van der Waals surface area contributed by atoms with Gasteiger partial charge in [-0.2, -0.15) is 0 Å². The average molecular weight is 264 g/mol. The Bertz CT molecular complexity index is 409. The zero-order valence-corrected chi connectivity index (χ0v) is 11.9. The quantitative estimate of drug-likeness (QED) is 0.887. The van der Waals surface area contributed by atoms with Gasteiger partial charge >= 0.3 is 0 Å². The van der Waals surface area contributed by atoms with Crippen molar-refractivity contribution in [2.24, 2.45) is 5.73 Å². The van der Waals surface area contributed by atoms with Gasteiger partial charge < -0.3 is 20.1 Å². The monoisotopic (exact) mass is 264 g/mol. The highest BCUT2D eigenvalue weighted by Crippen LogP contribution is 2.33. The molecule has 1 aliphatic heterocycles. The van der Waals surface area contributed by atoms with E-state index in [4.69, 9.17) is 15.2 Å². The Labute approximate surface area is 115 Å². The number of nitrogens with two attached hydrogens (primary N) is 1. The maximum atomic E-state index is 6.04. The van der Waals surface area contributed by atoms with Crippen LogP contribution in [0.15, 0.2) is 18.2 Å². The van der Waals surface area contributed by atoms with Crippen LogP contribution in [0.3, 0.4) is 0 Å². The van der Waals surface area contributed by atoms with Crippen LogP contribution in [0.2, 0.25) is 0 Å². The predicted octanol–water partition coefficient (Wildman–Crippen LogP) is 2.41. The fourth-order valence-corrected chi connectivity index (χ4v) is 2.48. The molecule has 1 aliphatic rings. The minimum atomic E-state index is 0.274. The highest BCUT2D eigenvalue weighted by Gasteiger charge is 2.18. The Hall–Kier alpha value is -1.42. The number of piperidine rings is 1. The number of ether oxygens (including phenoxy) is 2. The Kier molecular flexibility index (Phi) is 4.91. The standard InChI is InChI=1S/C15H24N2O2/c1-3-18-14-8-7-13(10-15(14)19-4-2)17-9-5-6-12(16)11-17/h7-8,10,12H,3-6,9,11,16H2,1-2H3. The highest BCUT2D eigenvalue weighted by molar-refractivity contribution is 5.56. The van der Waals surface area contributed by atoms with Crippen LogP contribution >= 0.6 is 0 Å². The van der Waals surface area contributed by atoms with E-state index in [1.165, 1.54) is 5.69 Å². The lowest BCUT2D eigenvalue weighted by Gasteiger charge is -2.33. The number of nitrogens with zero attached hydrogens (tertiary/aromatic N) is 1. The molecule has 0 aliphatic carbocycles. The van der Waals surface area contributed by atoms with Gasteiger partial charge in [0.05, 0.1) is 13.2 Å². The zero-order chi connectivity index (χ0) is 13.7. The lowest BCUT2D eigenvalue weighted by atomic mass is 10.1. The van der Waals surface area contributed by atoms with E-state index < -0.39 is 0 Å². The van der Waals surface area contributed by atoms with Crippen molar-refractivity contribution < 1.29 is 9.47 Å². The first kappa shape index (κ1) is 14.0. The first-order chi connectivity index (χ1) is 9.24. The Balaban J connectivity index is 2.18. The molecule has 1 atom stereocenters. The summed E-state index contributed by atoms with van der Waals surface area (Å²) in [7, 11) is 0. The lowest BCUT2D eigenvalue weighted by molar-refractivity contribution is 0.288. The molecule has 1 aromatic rings. The molecule has 0 saturated carbocycles. The van der Waals surface area contributed by atoms with Crippen LogP contribution in [0.1, 0.15) is 26.7 Å². The summed E-state index contributed by atoms with van der Waals surface area (Å²) >= 11 is 0. The second-order valence-corrected chi connectivity index (χ2v) is 4.85. The van der Waals surface area contributed by atoms with Crippen LogP contribution in [-0.4, -0.2) is 32.3 Å². The summed E-state index contributed by atoms with van der Waals surface area (Å²) in [4.78, 5) is 2.33. The molecule has 0 spiro atoms. The summed E-state index contributed by atoms with van der Waals surface area (Å²) in [5, 5.41) is 0. The number of rotatable bonds is 5. The molecule has 4 heteroatoms. The normalized spacial score (nSPS) is 19.3. The molecule has 1 aromatic carbocycles. The van der Waals surface area contributed by atoms with Crippen LogP contribution < -0.4 is 20.1 Å². The SMILES string of the molecule is CCOc1ccc(N2CCCC(N)C2)cc1OCC. The minimum Gasteiger partial charge on any atom is -0.490 e. The first-order valence-corrected chi connectivity index (χ1v) is 7.14. The molecule has 0 bridgehead atoms. The topological polar surface area (TPSA) is 47.7 Å². The van der Waals surface area contributed by atoms with Crippen molar-refractivity contribution in [2.75, 3.05) is 31.2 Å². The first-order valence-electron chi connectivity index (χ1n) is 7.14. The fourth-order valence-electron chi connectivity index (χ4n) is 2.48. The molecular weight excluding hydrogens is 240 g/mol. The van der Waals surface area contributed by atoms with E-state index in [0.717, 1.165) is 37.4 Å². The number of hydrogen-bond donors (Lipinski definition) is 1.